The van der Waals surface area contributed by atoms with E-state index < -0.39 is 17.1 Å². The minimum absolute atomic E-state index is 0.00335. The lowest BCUT2D eigenvalue weighted by molar-refractivity contribution is 0.487. The number of rotatable bonds is 3. The van der Waals surface area contributed by atoms with E-state index >= 15 is 0 Å². The largest absolute Gasteiger partial charge is 0.368 e. The van der Waals surface area contributed by atoms with E-state index in [9.17, 15) is 14.0 Å². The van der Waals surface area contributed by atoms with E-state index in [0.717, 1.165) is 25.3 Å². The van der Waals surface area contributed by atoms with Crippen molar-refractivity contribution in [2.24, 2.45) is 11.7 Å². The monoisotopic (exact) mass is 381 g/mol. The van der Waals surface area contributed by atoms with Gasteiger partial charge in [-0.2, -0.15) is 4.68 Å². The van der Waals surface area contributed by atoms with E-state index in [-0.39, 0.29) is 39.6 Å². The molecule has 0 amide bonds. The van der Waals surface area contributed by atoms with Crippen LogP contribution in [0, 0.1) is 11.7 Å². The highest BCUT2D eigenvalue weighted by molar-refractivity contribution is 6.38. The number of hydrogen-bond acceptors (Lipinski definition) is 5. The molecule has 2 atom stereocenters. The van der Waals surface area contributed by atoms with E-state index in [0.29, 0.717) is 17.8 Å². The molecule has 1 saturated carbocycles. The standard InChI is InChI=1S/C17H21ClFN5O2/c1-8(20)9-4-5-22(7-9)15-12(19)6-11-14(13(15)18)23(10-2-3-10)17(26)24(21)16(11)25/h6,8-10H,2-5,7,20-21H2,1H3. The van der Waals surface area contributed by atoms with Crippen LogP contribution in [0.15, 0.2) is 15.7 Å². The van der Waals surface area contributed by atoms with Gasteiger partial charge < -0.3 is 16.5 Å². The summed E-state index contributed by atoms with van der Waals surface area (Å²) in [6, 6.07) is 1.07. The van der Waals surface area contributed by atoms with Crippen molar-refractivity contribution in [3.8, 4) is 0 Å². The summed E-state index contributed by atoms with van der Waals surface area (Å²) in [4.78, 5) is 26.8. The predicted octanol–water partition coefficient (Wildman–Crippen LogP) is 1.18. The molecule has 1 saturated heterocycles. The Morgan fingerprint density at radius 2 is 2.00 bits per heavy atom. The molecular formula is C17H21ClFN5O2. The Balaban J connectivity index is 1.97. The Kier molecular flexibility index (Phi) is 4.00. The van der Waals surface area contributed by atoms with E-state index in [1.54, 1.807) is 0 Å². The highest BCUT2D eigenvalue weighted by Crippen LogP contribution is 2.41. The molecule has 9 heteroatoms. The molecule has 1 aromatic heterocycles. The Bertz CT molecular complexity index is 1010. The van der Waals surface area contributed by atoms with E-state index in [1.807, 2.05) is 11.8 Å². The van der Waals surface area contributed by atoms with Gasteiger partial charge in [0, 0.05) is 25.2 Å². The lowest BCUT2D eigenvalue weighted by Crippen LogP contribution is -2.44. The molecule has 0 spiro atoms. The number of fused-ring (bicyclic) bond motifs is 1. The van der Waals surface area contributed by atoms with Crippen molar-refractivity contribution in [3.05, 3.63) is 37.7 Å². The quantitative estimate of drug-likeness (QED) is 0.778. The van der Waals surface area contributed by atoms with Gasteiger partial charge in [0.2, 0.25) is 0 Å². The van der Waals surface area contributed by atoms with Crippen molar-refractivity contribution in [2.75, 3.05) is 23.8 Å². The zero-order valence-corrected chi connectivity index (χ0v) is 15.2. The molecule has 1 aromatic carbocycles. The van der Waals surface area contributed by atoms with Gasteiger partial charge in [-0.25, -0.2) is 9.18 Å². The lowest BCUT2D eigenvalue weighted by Gasteiger charge is -2.23. The summed E-state index contributed by atoms with van der Waals surface area (Å²) in [6.45, 7) is 3.14. The fourth-order valence-corrected chi connectivity index (χ4v) is 4.21. The van der Waals surface area contributed by atoms with Crippen LogP contribution in [0.1, 0.15) is 32.2 Å². The SMILES string of the molecule is CC(N)C1CCN(c2c(F)cc3c(=O)n(N)c(=O)n(C4CC4)c3c2Cl)C1. The predicted molar refractivity (Wildman–Crippen MR) is 99.8 cm³/mol. The number of halogens is 2. The number of hydrogen-bond donors (Lipinski definition) is 2. The van der Waals surface area contributed by atoms with Crippen LogP contribution in [0.2, 0.25) is 5.02 Å². The minimum atomic E-state index is -0.746. The third-order valence-electron chi connectivity index (χ3n) is 5.47. The summed E-state index contributed by atoms with van der Waals surface area (Å²) >= 11 is 6.57. The molecule has 2 aliphatic rings. The van der Waals surface area contributed by atoms with Gasteiger partial charge in [0.25, 0.3) is 5.56 Å². The summed E-state index contributed by atoms with van der Waals surface area (Å²) in [5.41, 5.74) is 5.10. The van der Waals surface area contributed by atoms with E-state index in [4.69, 9.17) is 23.2 Å². The second-order valence-electron chi connectivity index (χ2n) is 7.33. The molecule has 2 unspecified atom stereocenters. The van der Waals surface area contributed by atoms with Gasteiger partial charge in [-0.1, -0.05) is 11.6 Å². The highest BCUT2D eigenvalue weighted by atomic mass is 35.5. The molecule has 0 radical (unpaired) electrons. The number of nitrogens with zero attached hydrogens (tertiary/aromatic N) is 3. The first kappa shape index (κ1) is 17.4. The molecule has 2 heterocycles. The number of benzene rings is 1. The van der Waals surface area contributed by atoms with Crippen LogP contribution < -0.4 is 27.7 Å². The van der Waals surface area contributed by atoms with Crippen molar-refractivity contribution in [2.45, 2.75) is 38.3 Å². The molecule has 2 fully saturated rings. The number of anilines is 1. The maximum atomic E-state index is 14.9. The van der Waals surface area contributed by atoms with Crippen LogP contribution >= 0.6 is 11.6 Å². The Morgan fingerprint density at radius 1 is 1.31 bits per heavy atom. The zero-order valence-electron chi connectivity index (χ0n) is 14.4. The second-order valence-corrected chi connectivity index (χ2v) is 7.71. The minimum Gasteiger partial charge on any atom is -0.368 e. The molecule has 1 aliphatic carbocycles. The van der Waals surface area contributed by atoms with Crippen molar-refractivity contribution < 1.29 is 4.39 Å². The Morgan fingerprint density at radius 3 is 2.58 bits per heavy atom. The molecule has 4 rings (SSSR count). The molecule has 0 bridgehead atoms. The third-order valence-corrected chi connectivity index (χ3v) is 5.83. The molecule has 7 nitrogen and oxygen atoms in total. The Hall–Kier alpha value is -2.06. The zero-order chi connectivity index (χ0) is 18.7. The van der Waals surface area contributed by atoms with Gasteiger partial charge in [-0.3, -0.25) is 9.36 Å². The van der Waals surface area contributed by atoms with Gasteiger partial charge in [-0.05, 0) is 38.2 Å². The van der Waals surface area contributed by atoms with E-state index in [1.165, 1.54) is 4.57 Å². The molecule has 26 heavy (non-hydrogen) atoms. The average molecular weight is 382 g/mol. The Labute approximate surface area is 153 Å². The molecule has 140 valence electrons. The maximum Gasteiger partial charge on any atom is 0.350 e. The number of nitrogens with two attached hydrogens (primary N) is 2. The average Bonchev–Trinajstić information content (AvgIpc) is 3.30. The molecular weight excluding hydrogens is 361 g/mol. The second kappa shape index (κ2) is 5.99. The van der Waals surface area contributed by atoms with Gasteiger partial charge in [-0.15, -0.1) is 0 Å². The highest BCUT2D eigenvalue weighted by Gasteiger charge is 2.33. The summed E-state index contributed by atoms with van der Waals surface area (Å²) in [6.07, 6.45) is 2.44. The van der Waals surface area contributed by atoms with Crippen molar-refractivity contribution in [1.82, 2.24) is 9.24 Å². The summed E-state index contributed by atoms with van der Waals surface area (Å²) in [5.74, 6) is 5.26. The van der Waals surface area contributed by atoms with E-state index in [2.05, 4.69) is 0 Å². The van der Waals surface area contributed by atoms with Gasteiger partial charge >= 0.3 is 5.69 Å². The summed E-state index contributed by atoms with van der Waals surface area (Å²) in [5, 5.41) is 0.111. The first-order valence-corrected chi connectivity index (χ1v) is 9.14. The topological polar surface area (TPSA) is 99.3 Å². The lowest BCUT2D eigenvalue weighted by atomic mass is 10.0. The van der Waals surface area contributed by atoms with Crippen LogP contribution in [0.3, 0.4) is 0 Å². The van der Waals surface area contributed by atoms with Gasteiger partial charge in [0.15, 0.2) is 0 Å². The first-order valence-electron chi connectivity index (χ1n) is 8.76. The van der Waals surface area contributed by atoms with Crippen LogP contribution in [0.25, 0.3) is 10.9 Å². The van der Waals surface area contributed by atoms with Crippen LogP contribution in [-0.2, 0) is 0 Å². The first-order chi connectivity index (χ1) is 12.3. The number of nitrogen functional groups attached to an aromatic ring is 1. The van der Waals surface area contributed by atoms with Crippen molar-refractivity contribution in [3.63, 3.8) is 0 Å². The summed E-state index contributed by atoms with van der Waals surface area (Å²) in [7, 11) is 0. The maximum absolute atomic E-state index is 14.9. The fourth-order valence-electron chi connectivity index (χ4n) is 3.81. The molecule has 1 aliphatic heterocycles. The van der Waals surface area contributed by atoms with Crippen molar-refractivity contribution in [1.29, 1.82) is 0 Å². The fraction of sp³-hybridized carbons (Fsp3) is 0.529. The molecule has 2 aromatic rings. The van der Waals surface area contributed by atoms with Crippen molar-refractivity contribution >= 4 is 28.2 Å². The van der Waals surface area contributed by atoms with Crippen LogP contribution in [0.5, 0.6) is 0 Å². The smallest absolute Gasteiger partial charge is 0.350 e. The van der Waals surface area contributed by atoms with Gasteiger partial charge in [0.05, 0.1) is 21.6 Å². The third kappa shape index (κ3) is 2.51. The summed E-state index contributed by atoms with van der Waals surface area (Å²) < 4.78 is 16.8. The normalized spacial score (nSPS) is 21.5. The van der Waals surface area contributed by atoms with Gasteiger partial charge in [0.1, 0.15) is 5.82 Å². The molecule has 4 N–H and O–H groups in total. The number of aromatic nitrogens is 2. The van der Waals surface area contributed by atoms with Crippen LogP contribution in [-0.4, -0.2) is 28.4 Å². The van der Waals surface area contributed by atoms with Crippen LogP contribution in [0.4, 0.5) is 10.1 Å².